The lowest BCUT2D eigenvalue weighted by atomic mass is 10.2. The lowest BCUT2D eigenvalue weighted by Gasteiger charge is -2.08. The maximum Gasteiger partial charge on any atom is 0.0992 e. The summed E-state index contributed by atoms with van der Waals surface area (Å²) >= 11 is 1.75. The van der Waals surface area contributed by atoms with Crippen LogP contribution in [0.4, 0.5) is 11.4 Å². The van der Waals surface area contributed by atoms with E-state index in [9.17, 15) is 0 Å². The number of nitrogen functional groups attached to an aromatic ring is 1. The molecule has 0 saturated heterocycles. The second-order valence-corrected chi connectivity index (χ2v) is 4.70. The number of anilines is 2. The minimum absolute atomic E-state index is 0.589. The fraction of sp³-hybridized carbons (Fsp3) is 0.154. The highest BCUT2D eigenvalue weighted by atomic mass is 32.1. The van der Waals surface area contributed by atoms with E-state index < -0.39 is 0 Å². The van der Waals surface area contributed by atoms with Crippen LogP contribution in [0, 0.1) is 11.3 Å². The molecule has 0 atom stereocenters. The van der Waals surface area contributed by atoms with Gasteiger partial charge in [0.15, 0.2) is 0 Å². The average Bonchev–Trinajstić information content (AvgIpc) is 2.84. The largest absolute Gasteiger partial charge is 0.397 e. The van der Waals surface area contributed by atoms with Crippen LogP contribution in [0.1, 0.15) is 10.4 Å². The summed E-state index contributed by atoms with van der Waals surface area (Å²) in [6.45, 7) is 0.844. The Labute approximate surface area is 105 Å². The van der Waals surface area contributed by atoms with Gasteiger partial charge in [-0.1, -0.05) is 6.07 Å². The molecule has 1 aromatic heterocycles. The molecule has 0 aliphatic heterocycles. The van der Waals surface area contributed by atoms with Crippen molar-refractivity contribution in [2.75, 3.05) is 17.6 Å². The third kappa shape index (κ3) is 2.99. The van der Waals surface area contributed by atoms with Gasteiger partial charge in [0.05, 0.1) is 23.0 Å². The minimum atomic E-state index is 0.589. The Morgan fingerprint density at radius 2 is 2.24 bits per heavy atom. The van der Waals surface area contributed by atoms with Crippen molar-refractivity contribution in [1.82, 2.24) is 0 Å². The zero-order valence-electron chi connectivity index (χ0n) is 9.31. The number of nitrogens with zero attached hydrogens (tertiary/aromatic N) is 1. The third-order valence-corrected chi connectivity index (χ3v) is 3.38. The molecule has 2 aromatic rings. The van der Waals surface area contributed by atoms with Gasteiger partial charge in [0, 0.05) is 11.4 Å². The lowest BCUT2D eigenvalue weighted by Crippen LogP contribution is -2.06. The van der Waals surface area contributed by atoms with Gasteiger partial charge in [0.2, 0.25) is 0 Å². The van der Waals surface area contributed by atoms with Crippen LogP contribution in [-0.4, -0.2) is 6.54 Å². The Kier molecular flexibility index (Phi) is 3.63. The molecule has 0 saturated carbocycles. The number of hydrogen-bond acceptors (Lipinski definition) is 4. The number of benzene rings is 1. The van der Waals surface area contributed by atoms with Crippen molar-refractivity contribution in [1.29, 1.82) is 5.26 Å². The van der Waals surface area contributed by atoms with E-state index >= 15 is 0 Å². The van der Waals surface area contributed by atoms with E-state index in [0.29, 0.717) is 11.3 Å². The smallest absolute Gasteiger partial charge is 0.0992 e. The van der Waals surface area contributed by atoms with Gasteiger partial charge in [0.1, 0.15) is 0 Å². The Balaban J connectivity index is 1.93. The summed E-state index contributed by atoms with van der Waals surface area (Å²) in [6, 6.07) is 11.5. The van der Waals surface area contributed by atoms with Crippen molar-refractivity contribution in [3.05, 3.63) is 46.2 Å². The first-order chi connectivity index (χ1) is 8.29. The Morgan fingerprint density at radius 1 is 1.35 bits per heavy atom. The van der Waals surface area contributed by atoms with Gasteiger partial charge >= 0.3 is 0 Å². The van der Waals surface area contributed by atoms with Crippen LogP contribution < -0.4 is 11.1 Å². The fourth-order valence-electron chi connectivity index (χ4n) is 1.57. The van der Waals surface area contributed by atoms with E-state index in [4.69, 9.17) is 11.0 Å². The highest BCUT2D eigenvalue weighted by Crippen LogP contribution is 2.19. The molecule has 0 radical (unpaired) electrons. The van der Waals surface area contributed by atoms with E-state index in [1.807, 2.05) is 6.07 Å². The molecule has 2 rings (SSSR count). The maximum atomic E-state index is 8.73. The number of nitrogens with one attached hydrogen (secondary N) is 1. The molecule has 0 spiro atoms. The molecule has 0 bridgehead atoms. The summed E-state index contributed by atoms with van der Waals surface area (Å²) in [5.74, 6) is 0. The number of rotatable bonds is 4. The van der Waals surface area contributed by atoms with Crippen molar-refractivity contribution in [2.24, 2.45) is 0 Å². The van der Waals surface area contributed by atoms with E-state index in [1.165, 1.54) is 4.88 Å². The first-order valence-electron chi connectivity index (χ1n) is 5.35. The van der Waals surface area contributed by atoms with Gasteiger partial charge < -0.3 is 11.1 Å². The molecule has 0 fully saturated rings. The number of hydrogen-bond donors (Lipinski definition) is 2. The summed E-state index contributed by atoms with van der Waals surface area (Å²) in [4.78, 5) is 1.35. The van der Waals surface area contributed by atoms with Crippen molar-refractivity contribution in [2.45, 2.75) is 6.42 Å². The summed E-state index contributed by atoms with van der Waals surface area (Å²) in [5.41, 5.74) is 7.94. The predicted molar refractivity (Wildman–Crippen MR) is 72.1 cm³/mol. The summed E-state index contributed by atoms with van der Waals surface area (Å²) in [7, 11) is 0. The lowest BCUT2D eigenvalue weighted by molar-refractivity contribution is 1.05. The molecule has 0 aliphatic carbocycles. The van der Waals surface area contributed by atoms with Crippen LogP contribution in [0.25, 0.3) is 0 Å². The molecule has 3 nitrogen and oxygen atoms in total. The van der Waals surface area contributed by atoms with Crippen molar-refractivity contribution >= 4 is 22.7 Å². The van der Waals surface area contributed by atoms with E-state index in [2.05, 4.69) is 28.9 Å². The van der Waals surface area contributed by atoms with Crippen molar-refractivity contribution < 1.29 is 0 Å². The van der Waals surface area contributed by atoms with Gasteiger partial charge in [-0.05, 0) is 36.1 Å². The highest BCUT2D eigenvalue weighted by molar-refractivity contribution is 7.09. The van der Waals surface area contributed by atoms with Gasteiger partial charge in [-0.3, -0.25) is 0 Å². The Hall–Kier alpha value is -1.99. The molecule has 3 N–H and O–H groups in total. The van der Waals surface area contributed by atoms with Crippen LogP contribution in [0.2, 0.25) is 0 Å². The van der Waals surface area contributed by atoms with Gasteiger partial charge in [-0.25, -0.2) is 0 Å². The maximum absolute atomic E-state index is 8.73. The van der Waals surface area contributed by atoms with Crippen LogP contribution in [0.15, 0.2) is 35.7 Å². The van der Waals surface area contributed by atoms with E-state index in [0.717, 1.165) is 18.7 Å². The normalized spacial score (nSPS) is 9.82. The Bertz CT molecular complexity index is 526. The fourth-order valence-corrected chi connectivity index (χ4v) is 2.28. The second kappa shape index (κ2) is 5.37. The summed E-state index contributed by atoms with van der Waals surface area (Å²) in [6.07, 6.45) is 0.983. The standard InChI is InChI=1S/C13H13N3S/c14-9-10-3-4-13(12(15)8-10)16-6-5-11-2-1-7-17-11/h1-4,7-8,16H,5-6,15H2. The molecule has 4 heteroatoms. The molecule has 1 aromatic carbocycles. The number of nitriles is 1. The van der Waals surface area contributed by atoms with Crippen LogP contribution in [0.3, 0.4) is 0 Å². The molecule has 0 amide bonds. The van der Waals surface area contributed by atoms with Gasteiger partial charge in [-0.15, -0.1) is 11.3 Å². The zero-order valence-corrected chi connectivity index (χ0v) is 10.1. The van der Waals surface area contributed by atoms with Crippen molar-refractivity contribution in [3.63, 3.8) is 0 Å². The predicted octanol–water partition coefficient (Wildman–Crippen LogP) is 2.86. The number of thiophene rings is 1. The minimum Gasteiger partial charge on any atom is -0.397 e. The molecular formula is C13H13N3S. The number of nitrogens with two attached hydrogens (primary N) is 1. The van der Waals surface area contributed by atoms with Crippen molar-refractivity contribution in [3.8, 4) is 6.07 Å². The molecule has 17 heavy (non-hydrogen) atoms. The van der Waals surface area contributed by atoms with E-state index in [1.54, 1.807) is 23.5 Å². The third-order valence-electron chi connectivity index (χ3n) is 2.45. The SMILES string of the molecule is N#Cc1ccc(NCCc2cccs2)c(N)c1. The van der Waals surface area contributed by atoms with E-state index in [-0.39, 0.29) is 0 Å². The average molecular weight is 243 g/mol. The Morgan fingerprint density at radius 3 is 2.88 bits per heavy atom. The first-order valence-corrected chi connectivity index (χ1v) is 6.23. The molecule has 1 heterocycles. The van der Waals surface area contributed by atoms with Gasteiger partial charge in [0.25, 0.3) is 0 Å². The van der Waals surface area contributed by atoms with Crippen LogP contribution in [-0.2, 0) is 6.42 Å². The second-order valence-electron chi connectivity index (χ2n) is 3.67. The van der Waals surface area contributed by atoms with Gasteiger partial charge in [-0.2, -0.15) is 5.26 Å². The summed E-state index contributed by atoms with van der Waals surface area (Å²) < 4.78 is 0. The molecule has 0 aliphatic rings. The summed E-state index contributed by atoms with van der Waals surface area (Å²) in [5, 5.41) is 14.1. The molecule has 86 valence electrons. The van der Waals surface area contributed by atoms with Crippen LogP contribution in [0.5, 0.6) is 0 Å². The molecule has 0 unspecified atom stereocenters. The molecular weight excluding hydrogens is 230 g/mol. The van der Waals surface area contributed by atoms with Crippen LogP contribution >= 0.6 is 11.3 Å². The highest BCUT2D eigenvalue weighted by Gasteiger charge is 2.00. The first kappa shape index (κ1) is 11.5. The monoisotopic (exact) mass is 243 g/mol. The topological polar surface area (TPSA) is 61.8 Å². The quantitative estimate of drug-likeness (QED) is 0.812. The zero-order chi connectivity index (χ0) is 12.1.